The fraction of sp³-hybridized carbons (Fsp3) is 0.182. The van der Waals surface area contributed by atoms with Crippen molar-refractivity contribution in [1.29, 1.82) is 0 Å². The van der Waals surface area contributed by atoms with E-state index >= 15 is 0 Å². The van der Waals surface area contributed by atoms with Crippen molar-refractivity contribution in [2.75, 3.05) is 6.61 Å². The number of aromatic nitrogens is 2. The normalized spacial score (nSPS) is 10.3. The largest absolute Gasteiger partial charge is 0.460 e. The van der Waals surface area contributed by atoms with Gasteiger partial charge in [-0.1, -0.05) is 17.6 Å². The molecule has 1 aromatic carbocycles. The van der Waals surface area contributed by atoms with E-state index in [1.807, 2.05) is 0 Å². The van der Waals surface area contributed by atoms with Gasteiger partial charge < -0.3 is 4.74 Å². The number of esters is 1. The molecule has 1 heterocycles. The molecule has 5 heteroatoms. The summed E-state index contributed by atoms with van der Waals surface area (Å²) in [6.07, 6.45) is 1.58. The number of nitrogens with zero attached hydrogens (tertiary/aromatic N) is 2. The fourth-order valence-corrected chi connectivity index (χ4v) is 1.33. The smallest absolute Gasteiger partial charge is 0.376 e. The highest BCUT2D eigenvalue weighted by Gasteiger charge is 2.10. The van der Waals surface area contributed by atoms with Gasteiger partial charge in [0.2, 0.25) is 5.82 Å². The maximum atomic E-state index is 11.4. The number of ether oxygens (including phenoxy) is 1. The van der Waals surface area contributed by atoms with Crippen LogP contribution < -0.4 is 5.46 Å². The Bertz CT molecular complexity index is 542. The number of hydrogen-bond acceptors (Lipinski definition) is 4. The van der Waals surface area contributed by atoms with E-state index in [4.69, 9.17) is 12.6 Å². The highest BCUT2D eigenvalue weighted by atomic mass is 16.5. The first-order chi connectivity index (χ1) is 7.70. The lowest BCUT2D eigenvalue weighted by Crippen LogP contribution is -2.10. The lowest BCUT2D eigenvalue weighted by Gasteiger charge is -2.02. The summed E-state index contributed by atoms with van der Waals surface area (Å²) in [6, 6.07) is 5.26. The maximum absolute atomic E-state index is 11.4. The molecule has 0 spiro atoms. The topological polar surface area (TPSA) is 52.1 Å². The van der Waals surface area contributed by atoms with Gasteiger partial charge in [0.1, 0.15) is 7.85 Å². The van der Waals surface area contributed by atoms with Crippen LogP contribution in [-0.2, 0) is 4.74 Å². The van der Waals surface area contributed by atoms with Crippen LogP contribution in [0.2, 0.25) is 0 Å². The first-order valence-corrected chi connectivity index (χ1v) is 4.90. The minimum absolute atomic E-state index is 0.0555. The van der Waals surface area contributed by atoms with Crippen molar-refractivity contribution in [3.8, 4) is 0 Å². The minimum Gasteiger partial charge on any atom is -0.460 e. The quantitative estimate of drug-likeness (QED) is 0.540. The first kappa shape index (κ1) is 10.6. The highest BCUT2D eigenvalue weighted by Crippen LogP contribution is 2.08. The standard InChI is InChI=1S/C11H9BN2O2/c1-2-16-11(15)10-13-6-7-3-4-8(12)5-9(7)14-10/h3-6H,2H2,1H3. The molecule has 0 saturated heterocycles. The number of carbonyl (C=O) groups excluding carboxylic acids is 1. The third kappa shape index (κ3) is 2.03. The van der Waals surface area contributed by atoms with Crippen molar-refractivity contribution in [2.45, 2.75) is 6.92 Å². The maximum Gasteiger partial charge on any atom is 0.376 e. The molecule has 0 aliphatic heterocycles. The van der Waals surface area contributed by atoms with Gasteiger partial charge in [-0.05, 0) is 13.0 Å². The SMILES string of the molecule is [B]c1ccc2cnc(C(=O)OCC)nc2c1. The van der Waals surface area contributed by atoms with E-state index in [-0.39, 0.29) is 5.82 Å². The highest BCUT2D eigenvalue weighted by molar-refractivity contribution is 6.33. The second-order valence-electron chi connectivity index (χ2n) is 3.23. The number of rotatable bonds is 2. The van der Waals surface area contributed by atoms with Gasteiger partial charge in [0, 0.05) is 11.6 Å². The van der Waals surface area contributed by atoms with Crippen LogP contribution in [0.4, 0.5) is 0 Å². The van der Waals surface area contributed by atoms with Crippen LogP contribution in [0.1, 0.15) is 17.5 Å². The van der Waals surface area contributed by atoms with Crippen LogP contribution >= 0.6 is 0 Å². The van der Waals surface area contributed by atoms with Crippen molar-refractivity contribution in [3.63, 3.8) is 0 Å². The van der Waals surface area contributed by atoms with E-state index in [0.29, 0.717) is 17.6 Å². The Kier molecular flexibility index (Phi) is 2.85. The zero-order chi connectivity index (χ0) is 11.5. The summed E-state index contributed by atoms with van der Waals surface area (Å²) < 4.78 is 4.81. The van der Waals surface area contributed by atoms with Crippen molar-refractivity contribution in [3.05, 3.63) is 30.2 Å². The monoisotopic (exact) mass is 212 g/mol. The molecule has 0 bridgehead atoms. The van der Waals surface area contributed by atoms with Crippen LogP contribution in [0.5, 0.6) is 0 Å². The van der Waals surface area contributed by atoms with Gasteiger partial charge in [0.25, 0.3) is 0 Å². The summed E-state index contributed by atoms with van der Waals surface area (Å²) in [5.41, 5.74) is 1.24. The first-order valence-electron chi connectivity index (χ1n) is 4.90. The summed E-state index contributed by atoms with van der Waals surface area (Å²) in [5, 5.41) is 0.835. The second-order valence-corrected chi connectivity index (χ2v) is 3.23. The van der Waals surface area contributed by atoms with Gasteiger partial charge in [-0.2, -0.15) is 0 Å². The van der Waals surface area contributed by atoms with Gasteiger partial charge in [-0.15, -0.1) is 0 Å². The van der Waals surface area contributed by atoms with E-state index in [2.05, 4.69) is 9.97 Å². The molecule has 16 heavy (non-hydrogen) atoms. The van der Waals surface area contributed by atoms with Crippen molar-refractivity contribution in [1.82, 2.24) is 9.97 Å². The molecular weight excluding hydrogens is 203 g/mol. The number of fused-ring (bicyclic) bond motifs is 1. The van der Waals surface area contributed by atoms with E-state index in [9.17, 15) is 4.79 Å². The molecule has 0 fully saturated rings. The Morgan fingerprint density at radius 2 is 2.31 bits per heavy atom. The molecule has 0 atom stereocenters. The fourth-order valence-electron chi connectivity index (χ4n) is 1.33. The van der Waals surface area contributed by atoms with Crippen LogP contribution in [0.25, 0.3) is 10.9 Å². The van der Waals surface area contributed by atoms with E-state index in [0.717, 1.165) is 5.39 Å². The average molecular weight is 212 g/mol. The lowest BCUT2D eigenvalue weighted by atomic mass is 9.95. The summed E-state index contributed by atoms with van der Waals surface area (Å²) in [6.45, 7) is 2.04. The molecule has 0 N–H and O–H groups in total. The summed E-state index contributed by atoms with van der Waals surface area (Å²) >= 11 is 0. The van der Waals surface area contributed by atoms with Crippen molar-refractivity contribution < 1.29 is 9.53 Å². The summed E-state index contributed by atoms with van der Waals surface area (Å²) in [7, 11) is 5.63. The van der Waals surface area contributed by atoms with Crippen LogP contribution in [0.15, 0.2) is 24.4 Å². The average Bonchev–Trinajstić information content (AvgIpc) is 2.28. The van der Waals surface area contributed by atoms with Gasteiger partial charge in [0.15, 0.2) is 0 Å². The number of benzene rings is 1. The van der Waals surface area contributed by atoms with Crippen molar-refractivity contribution in [2.24, 2.45) is 0 Å². The number of hydrogen-bond donors (Lipinski definition) is 0. The van der Waals surface area contributed by atoms with Crippen molar-refractivity contribution >= 4 is 30.2 Å². The molecule has 2 rings (SSSR count). The molecule has 2 aromatic rings. The lowest BCUT2D eigenvalue weighted by molar-refractivity contribution is 0.0512. The predicted molar refractivity (Wildman–Crippen MR) is 60.9 cm³/mol. The summed E-state index contributed by atoms with van der Waals surface area (Å²) in [5.74, 6) is -0.466. The molecule has 4 nitrogen and oxygen atoms in total. The van der Waals surface area contributed by atoms with Crippen LogP contribution in [0.3, 0.4) is 0 Å². The van der Waals surface area contributed by atoms with Gasteiger partial charge in [0.05, 0.1) is 12.1 Å². The Morgan fingerprint density at radius 1 is 1.50 bits per heavy atom. The molecule has 0 unspecified atom stereocenters. The Morgan fingerprint density at radius 3 is 3.06 bits per heavy atom. The zero-order valence-corrected chi connectivity index (χ0v) is 8.80. The molecule has 0 aliphatic rings. The minimum atomic E-state index is -0.521. The molecular formula is C11H9BN2O2. The third-order valence-corrected chi connectivity index (χ3v) is 2.06. The van der Waals surface area contributed by atoms with E-state index in [1.165, 1.54) is 0 Å². The Balaban J connectivity index is 2.46. The van der Waals surface area contributed by atoms with E-state index < -0.39 is 5.97 Å². The van der Waals surface area contributed by atoms with Gasteiger partial charge >= 0.3 is 5.97 Å². The van der Waals surface area contributed by atoms with E-state index in [1.54, 1.807) is 31.3 Å². The summed E-state index contributed by atoms with van der Waals surface area (Å²) in [4.78, 5) is 19.4. The molecule has 0 aliphatic carbocycles. The van der Waals surface area contributed by atoms with Crippen LogP contribution in [-0.4, -0.2) is 30.4 Å². The zero-order valence-electron chi connectivity index (χ0n) is 8.80. The third-order valence-electron chi connectivity index (χ3n) is 2.06. The molecule has 0 saturated carbocycles. The van der Waals surface area contributed by atoms with Crippen LogP contribution in [0, 0.1) is 0 Å². The van der Waals surface area contributed by atoms with Gasteiger partial charge in [-0.25, -0.2) is 14.8 Å². The van der Waals surface area contributed by atoms with Gasteiger partial charge in [-0.3, -0.25) is 0 Å². The molecule has 78 valence electrons. The molecule has 0 amide bonds. The predicted octanol–water partition coefficient (Wildman–Crippen LogP) is 0.600. The second kappa shape index (κ2) is 4.30. The molecule has 2 radical (unpaired) electrons. The number of carbonyl (C=O) groups is 1. The Hall–Kier alpha value is -1.91. The Labute approximate surface area is 94.1 Å². The molecule has 1 aromatic heterocycles.